The van der Waals surface area contributed by atoms with Crippen LogP contribution < -0.4 is 10.2 Å². The Bertz CT molecular complexity index is 1120. The Balaban J connectivity index is 4.36. The van der Waals surface area contributed by atoms with E-state index in [1.54, 1.807) is 6.08 Å². The van der Waals surface area contributed by atoms with Gasteiger partial charge >= 0.3 is 0 Å². The number of rotatable bonds is 45. The van der Waals surface area contributed by atoms with Crippen LogP contribution in [0.25, 0.3) is 0 Å². The number of nitrogens with one attached hydrogen (secondary N) is 1. The molecule has 0 saturated carbocycles. The van der Waals surface area contributed by atoms with Crippen LogP contribution in [0.1, 0.15) is 219 Å². The van der Waals surface area contributed by atoms with Crippen molar-refractivity contribution in [1.82, 2.24) is 5.32 Å². The summed E-state index contributed by atoms with van der Waals surface area (Å²) < 4.78 is 23.2. The lowest BCUT2D eigenvalue weighted by Crippen LogP contribution is -2.45. The zero-order chi connectivity index (χ0) is 44.3. The molecule has 0 heterocycles. The fraction of sp³-hybridized carbons (Fsp3) is 0.824. The summed E-state index contributed by atoms with van der Waals surface area (Å²) in [5.41, 5.74) is 0. The van der Waals surface area contributed by atoms with E-state index >= 15 is 0 Å². The fourth-order valence-electron chi connectivity index (χ4n) is 7.00. The third-order valence-electron chi connectivity index (χ3n) is 11.0. The first kappa shape index (κ1) is 58.5. The van der Waals surface area contributed by atoms with Gasteiger partial charge in [0.25, 0.3) is 7.82 Å². The second-order valence-corrected chi connectivity index (χ2v) is 19.6. The normalized spacial score (nSPS) is 14.6. The molecular weight excluding hydrogens is 768 g/mol. The summed E-state index contributed by atoms with van der Waals surface area (Å²) in [7, 11) is 1.23. The monoisotopic (exact) mass is 865 g/mol. The summed E-state index contributed by atoms with van der Waals surface area (Å²) in [6.45, 7) is 4.60. The van der Waals surface area contributed by atoms with Crippen molar-refractivity contribution in [1.29, 1.82) is 0 Å². The highest BCUT2D eigenvalue weighted by Crippen LogP contribution is 2.38. The van der Waals surface area contributed by atoms with Crippen LogP contribution in [0.4, 0.5) is 0 Å². The van der Waals surface area contributed by atoms with Crippen molar-refractivity contribution in [2.24, 2.45) is 0 Å². The van der Waals surface area contributed by atoms with Crippen LogP contribution in [-0.4, -0.2) is 68.5 Å². The number of hydrogen-bond acceptors (Lipinski definition) is 6. The van der Waals surface area contributed by atoms with Gasteiger partial charge in [-0.05, 0) is 70.6 Å². The smallest absolute Gasteiger partial charge is 0.268 e. The molecule has 0 aliphatic carbocycles. The zero-order valence-corrected chi connectivity index (χ0v) is 40.8. The number of nitrogens with zero attached hydrogens (tertiary/aromatic N) is 1. The SMILES string of the molecule is CCCCCC/C=C\CCCCCCCC(=O)NC(COP(=O)([O-])OCC[N+](C)(C)C)C(O)/C=C/CC/C=C/CC/C=C/CCCCCCCCCCCCCCCCC. The summed E-state index contributed by atoms with van der Waals surface area (Å²) in [6.07, 6.45) is 54.7. The van der Waals surface area contributed by atoms with Gasteiger partial charge in [0.1, 0.15) is 13.2 Å². The van der Waals surface area contributed by atoms with Crippen LogP contribution >= 0.6 is 7.82 Å². The van der Waals surface area contributed by atoms with Gasteiger partial charge in [-0.25, -0.2) is 0 Å². The first-order valence-electron chi connectivity index (χ1n) is 25.0. The zero-order valence-electron chi connectivity index (χ0n) is 39.9. The van der Waals surface area contributed by atoms with E-state index in [1.165, 1.54) is 135 Å². The highest BCUT2D eigenvalue weighted by molar-refractivity contribution is 7.45. The minimum Gasteiger partial charge on any atom is -0.756 e. The quantitative estimate of drug-likeness (QED) is 0.0273. The number of amides is 1. The number of phosphoric acid groups is 1. The van der Waals surface area contributed by atoms with Crippen molar-refractivity contribution in [2.45, 2.75) is 231 Å². The Morgan fingerprint density at radius 2 is 0.933 bits per heavy atom. The van der Waals surface area contributed by atoms with E-state index in [-0.39, 0.29) is 12.5 Å². The lowest BCUT2D eigenvalue weighted by molar-refractivity contribution is -0.870. The number of aliphatic hydroxyl groups excluding tert-OH is 1. The van der Waals surface area contributed by atoms with Crippen molar-refractivity contribution >= 4 is 13.7 Å². The maximum absolute atomic E-state index is 12.8. The molecule has 3 unspecified atom stereocenters. The van der Waals surface area contributed by atoms with Gasteiger partial charge in [0.15, 0.2) is 0 Å². The molecular formula is C51H97N2O6P. The number of aliphatic hydroxyl groups is 1. The summed E-state index contributed by atoms with van der Waals surface area (Å²) in [6, 6.07) is -0.913. The standard InChI is InChI=1S/C51H97N2O6P/c1-6-8-10-12-14-16-18-20-21-22-23-24-25-26-27-28-29-30-31-33-34-36-38-40-42-44-50(54)49(48-59-60(56,57)58-47-46-53(3,4)5)52-51(55)45-43-41-39-37-35-32-19-17-15-13-11-9-7-2/h17,19,29-30,34,36,42,44,49-50,54H,6-16,18,20-28,31-33,35,37-41,43,45-48H2,1-5H3,(H-,52,55,56,57)/b19-17-,30-29+,36-34+,44-42+. The summed E-state index contributed by atoms with van der Waals surface area (Å²) in [4.78, 5) is 25.3. The van der Waals surface area contributed by atoms with E-state index in [4.69, 9.17) is 9.05 Å². The largest absolute Gasteiger partial charge is 0.756 e. The molecule has 0 aromatic heterocycles. The summed E-state index contributed by atoms with van der Waals surface area (Å²) in [5, 5.41) is 13.8. The van der Waals surface area contributed by atoms with Gasteiger partial charge in [-0.1, -0.05) is 191 Å². The Morgan fingerprint density at radius 3 is 1.37 bits per heavy atom. The fourth-order valence-corrected chi connectivity index (χ4v) is 7.73. The number of hydrogen-bond donors (Lipinski definition) is 2. The highest BCUT2D eigenvalue weighted by atomic mass is 31.2. The van der Waals surface area contributed by atoms with Gasteiger partial charge < -0.3 is 28.8 Å². The third kappa shape index (κ3) is 44.5. The molecule has 0 aliphatic heterocycles. The molecule has 60 heavy (non-hydrogen) atoms. The topological polar surface area (TPSA) is 108 Å². The maximum atomic E-state index is 12.8. The molecule has 2 N–H and O–H groups in total. The van der Waals surface area contributed by atoms with Gasteiger partial charge in [0, 0.05) is 6.42 Å². The van der Waals surface area contributed by atoms with E-state index in [0.29, 0.717) is 17.4 Å². The molecule has 352 valence electrons. The molecule has 0 radical (unpaired) electrons. The van der Waals surface area contributed by atoms with Gasteiger partial charge in [-0.15, -0.1) is 0 Å². The summed E-state index contributed by atoms with van der Waals surface area (Å²) >= 11 is 0. The average molecular weight is 865 g/mol. The molecule has 9 heteroatoms. The molecule has 0 saturated heterocycles. The number of quaternary nitrogens is 1. The van der Waals surface area contributed by atoms with Crippen molar-refractivity contribution in [3.63, 3.8) is 0 Å². The third-order valence-corrected chi connectivity index (χ3v) is 12.0. The van der Waals surface area contributed by atoms with Crippen molar-refractivity contribution in [2.75, 3.05) is 40.9 Å². The van der Waals surface area contributed by atoms with Crippen LogP contribution in [-0.2, 0) is 18.4 Å². The van der Waals surface area contributed by atoms with Gasteiger partial charge in [0.2, 0.25) is 5.91 Å². The number of carbonyl (C=O) groups is 1. The molecule has 8 nitrogen and oxygen atoms in total. The van der Waals surface area contributed by atoms with Crippen LogP contribution in [0, 0.1) is 0 Å². The van der Waals surface area contributed by atoms with E-state index in [1.807, 2.05) is 27.2 Å². The Labute approximate surface area is 371 Å². The Hall–Kier alpha value is -1.54. The first-order chi connectivity index (χ1) is 29.0. The lowest BCUT2D eigenvalue weighted by atomic mass is 10.0. The molecule has 1 amide bonds. The predicted molar refractivity (Wildman–Crippen MR) is 256 cm³/mol. The number of unbranched alkanes of at least 4 members (excludes halogenated alkanes) is 26. The van der Waals surface area contributed by atoms with E-state index in [9.17, 15) is 19.4 Å². The van der Waals surface area contributed by atoms with E-state index in [0.717, 1.165) is 64.2 Å². The second kappa shape index (κ2) is 42.7. The van der Waals surface area contributed by atoms with Crippen molar-refractivity contribution in [3.05, 3.63) is 48.6 Å². The second-order valence-electron chi connectivity index (χ2n) is 18.1. The van der Waals surface area contributed by atoms with Gasteiger partial charge in [0.05, 0.1) is 39.9 Å². The minimum absolute atomic E-state index is 0.0114. The molecule has 0 fully saturated rings. The lowest BCUT2D eigenvalue weighted by Gasteiger charge is -2.29. The first-order valence-corrected chi connectivity index (χ1v) is 26.5. The Kier molecular flexibility index (Phi) is 41.6. The molecule has 0 rings (SSSR count). The Morgan fingerprint density at radius 1 is 0.567 bits per heavy atom. The number of phosphoric ester groups is 1. The molecule has 0 aromatic rings. The average Bonchev–Trinajstić information content (AvgIpc) is 3.20. The predicted octanol–water partition coefficient (Wildman–Crippen LogP) is 13.8. The maximum Gasteiger partial charge on any atom is 0.268 e. The van der Waals surface area contributed by atoms with Gasteiger partial charge in [-0.3, -0.25) is 9.36 Å². The van der Waals surface area contributed by atoms with Crippen molar-refractivity contribution in [3.8, 4) is 0 Å². The molecule has 0 aromatic carbocycles. The van der Waals surface area contributed by atoms with Crippen LogP contribution in [0.5, 0.6) is 0 Å². The van der Waals surface area contributed by atoms with E-state index < -0.39 is 26.6 Å². The van der Waals surface area contributed by atoms with Gasteiger partial charge in [-0.2, -0.15) is 0 Å². The summed E-state index contributed by atoms with van der Waals surface area (Å²) in [5.74, 6) is -0.222. The molecule has 3 atom stereocenters. The number of allylic oxidation sites excluding steroid dienone is 7. The van der Waals surface area contributed by atoms with Crippen molar-refractivity contribution < 1.29 is 32.9 Å². The minimum atomic E-state index is -4.60. The molecule has 0 bridgehead atoms. The molecule has 0 spiro atoms. The number of likely N-dealkylation sites (N-methyl/N-ethyl adjacent to an activating group) is 1. The van der Waals surface area contributed by atoms with E-state index in [2.05, 4.69) is 55.6 Å². The van der Waals surface area contributed by atoms with Crippen LogP contribution in [0.2, 0.25) is 0 Å². The highest BCUT2D eigenvalue weighted by Gasteiger charge is 2.23. The number of carbonyl (C=O) groups excluding carboxylic acids is 1. The van der Waals surface area contributed by atoms with Crippen LogP contribution in [0.15, 0.2) is 48.6 Å². The van der Waals surface area contributed by atoms with Crippen LogP contribution in [0.3, 0.4) is 0 Å². The molecule has 0 aliphatic rings.